The molecule has 0 fully saturated rings. The molecule has 0 N–H and O–H groups in total. The number of benzene rings is 10. The highest BCUT2D eigenvalue weighted by atomic mass is 28.3. The Morgan fingerprint density at radius 2 is 0.857 bits per heavy atom. The fourth-order valence-corrected chi connectivity index (χ4v) is 11.4. The molecule has 230 valence electrons. The number of hydrogen-bond acceptors (Lipinski definition) is 0. The predicted molar refractivity (Wildman–Crippen MR) is 217 cm³/mol. The van der Waals surface area contributed by atoms with E-state index in [9.17, 15) is 0 Å². The Morgan fingerprint density at radius 3 is 1.57 bits per heavy atom. The van der Waals surface area contributed by atoms with Gasteiger partial charge in [0.25, 0.3) is 0 Å². The van der Waals surface area contributed by atoms with Gasteiger partial charge in [0.05, 0.1) is 0 Å². The van der Waals surface area contributed by atoms with Gasteiger partial charge in [-0.15, -0.1) is 0 Å². The highest BCUT2D eigenvalue weighted by molar-refractivity contribution is 7.01. The summed E-state index contributed by atoms with van der Waals surface area (Å²) in [5, 5.41) is 18.8. The normalized spacial score (nSPS) is 12.3. The maximum Gasteiger partial charge on any atom is 0.113 e. The molecule has 0 unspecified atom stereocenters. The molecule has 1 heteroatoms. The number of rotatable bonds is 4. The first-order valence-electron chi connectivity index (χ1n) is 17.3. The van der Waals surface area contributed by atoms with E-state index in [0.717, 1.165) is 0 Å². The molecule has 0 saturated carbocycles. The number of fused-ring (bicyclic) bond motifs is 3. The third-order valence-corrected chi connectivity index (χ3v) is 14.6. The van der Waals surface area contributed by atoms with Crippen molar-refractivity contribution < 1.29 is 0 Å². The summed E-state index contributed by atoms with van der Waals surface area (Å²) in [5.74, 6) is 0. The van der Waals surface area contributed by atoms with E-state index in [2.05, 4.69) is 183 Å². The molecule has 0 heterocycles. The smallest absolute Gasteiger partial charge is 0.0626 e. The van der Waals surface area contributed by atoms with Crippen molar-refractivity contribution in [3.8, 4) is 22.3 Å². The summed E-state index contributed by atoms with van der Waals surface area (Å²) in [4.78, 5) is 0. The first kappa shape index (κ1) is 28.3. The van der Waals surface area contributed by atoms with Crippen LogP contribution in [0, 0.1) is 0 Å². The molecule has 0 amide bonds. The molecular weight excluding hydrogens is 605 g/mol. The van der Waals surface area contributed by atoms with E-state index < -0.39 is 8.07 Å². The second-order valence-corrected chi connectivity index (χ2v) is 18.4. The Hall–Kier alpha value is -5.76. The third-order valence-electron chi connectivity index (χ3n) is 11.1. The van der Waals surface area contributed by atoms with Crippen molar-refractivity contribution in [2.45, 2.75) is 13.1 Å². The molecule has 0 aromatic heterocycles. The van der Waals surface area contributed by atoms with Gasteiger partial charge < -0.3 is 0 Å². The van der Waals surface area contributed by atoms with E-state index in [4.69, 9.17) is 0 Å². The van der Waals surface area contributed by atoms with Crippen molar-refractivity contribution in [3.05, 3.63) is 170 Å². The van der Waals surface area contributed by atoms with Gasteiger partial charge in [-0.3, -0.25) is 0 Å². The van der Waals surface area contributed by atoms with Gasteiger partial charge in [0.15, 0.2) is 0 Å². The van der Waals surface area contributed by atoms with Gasteiger partial charge in [-0.25, -0.2) is 0 Å². The largest absolute Gasteiger partial charge is 0.113 e. The lowest BCUT2D eigenvalue weighted by molar-refractivity contribution is 1.66. The van der Waals surface area contributed by atoms with Crippen LogP contribution in [0.1, 0.15) is 0 Å². The lowest BCUT2D eigenvalue weighted by Crippen LogP contribution is -2.53. The van der Waals surface area contributed by atoms with Gasteiger partial charge in [0.1, 0.15) is 8.07 Å². The molecule has 10 rings (SSSR count). The molecule has 0 aliphatic rings. The van der Waals surface area contributed by atoms with E-state index in [1.165, 1.54) is 97.3 Å². The van der Waals surface area contributed by atoms with E-state index in [0.29, 0.717) is 0 Å². The Kier molecular flexibility index (Phi) is 6.13. The summed E-state index contributed by atoms with van der Waals surface area (Å²) in [6, 6.07) is 63.7. The van der Waals surface area contributed by atoms with Crippen LogP contribution in [0.4, 0.5) is 0 Å². The zero-order valence-electron chi connectivity index (χ0n) is 27.7. The SMILES string of the molecule is C[Si](C)(c1cccc(-c2c3ccccc3c(-c3cccc4ccccc34)c3ccccc23)c1)c1ccc2ccc3cccc4ccc1c2c34. The van der Waals surface area contributed by atoms with Crippen LogP contribution in [-0.4, -0.2) is 8.07 Å². The fraction of sp³-hybridized carbons (Fsp3) is 0.0417. The molecule has 0 aliphatic heterocycles. The van der Waals surface area contributed by atoms with Gasteiger partial charge in [-0.2, -0.15) is 0 Å². The van der Waals surface area contributed by atoms with Gasteiger partial charge >= 0.3 is 0 Å². The molecule has 10 aromatic rings. The van der Waals surface area contributed by atoms with Crippen LogP contribution >= 0.6 is 0 Å². The zero-order chi connectivity index (χ0) is 32.7. The van der Waals surface area contributed by atoms with Gasteiger partial charge in [-0.1, -0.05) is 188 Å². The summed E-state index contributed by atoms with van der Waals surface area (Å²) in [5.41, 5.74) is 5.20. The summed E-state index contributed by atoms with van der Waals surface area (Å²) >= 11 is 0. The summed E-state index contributed by atoms with van der Waals surface area (Å²) < 4.78 is 0. The van der Waals surface area contributed by atoms with Crippen molar-refractivity contribution in [1.29, 1.82) is 0 Å². The molecule has 10 aromatic carbocycles. The molecule has 0 nitrogen and oxygen atoms in total. The Labute approximate surface area is 287 Å². The Bertz CT molecular complexity index is 2830. The van der Waals surface area contributed by atoms with E-state index in [1.54, 1.807) is 0 Å². The number of hydrogen-bond donors (Lipinski definition) is 0. The molecule has 0 aliphatic carbocycles. The lowest BCUT2D eigenvalue weighted by Gasteiger charge is -2.27. The summed E-state index contributed by atoms with van der Waals surface area (Å²) in [7, 11) is -2.14. The van der Waals surface area contributed by atoms with Crippen molar-refractivity contribution in [2.75, 3.05) is 0 Å². The van der Waals surface area contributed by atoms with Crippen LogP contribution in [0.5, 0.6) is 0 Å². The summed E-state index contributed by atoms with van der Waals surface area (Å²) in [6.45, 7) is 5.05. The van der Waals surface area contributed by atoms with Crippen molar-refractivity contribution >= 4 is 83.1 Å². The van der Waals surface area contributed by atoms with Crippen LogP contribution in [0.3, 0.4) is 0 Å². The Morgan fingerprint density at radius 1 is 0.347 bits per heavy atom. The van der Waals surface area contributed by atoms with Crippen molar-refractivity contribution in [1.82, 2.24) is 0 Å². The van der Waals surface area contributed by atoms with Gasteiger partial charge in [0, 0.05) is 0 Å². The topological polar surface area (TPSA) is 0 Å². The monoisotopic (exact) mass is 638 g/mol. The maximum absolute atomic E-state index is 2.53. The Balaban J connectivity index is 1.21. The second kappa shape index (κ2) is 10.6. The minimum absolute atomic E-state index is 1.27. The minimum Gasteiger partial charge on any atom is -0.0626 e. The highest BCUT2D eigenvalue weighted by Crippen LogP contribution is 2.45. The third kappa shape index (κ3) is 4.16. The molecule has 0 bridgehead atoms. The van der Waals surface area contributed by atoms with E-state index in [1.807, 2.05) is 0 Å². The van der Waals surface area contributed by atoms with Crippen molar-refractivity contribution in [2.24, 2.45) is 0 Å². The quantitative estimate of drug-likeness (QED) is 0.102. The average Bonchev–Trinajstić information content (AvgIpc) is 3.15. The predicted octanol–water partition coefficient (Wildman–Crippen LogP) is 12.2. The molecule has 0 saturated heterocycles. The standard InChI is InChI=1S/C48H34Si/c1-49(2,44-29-27-34-25-24-32-14-9-15-33-26-28-43(44)47(34)45(32)33)36-17-10-16-35(30-36)46-39-19-5-7-21-41(39)48(42-22-8-6-20-40(42)46)38-23-11-13-31-12-3-4-18-37(31)38/h3-30H,1-2H3. The lowest BCUT2D eigenvalue weighted by atomic mass is 9.85. The van der Waals surface area contributed by atoms with E-state index in [-0.39, 0.29) is 0 Å². The van der Waals surface area contributed by atoms with Crippen LogP contribution in [0.25, 0.3) is 86.9 Å². The first-order valence-corrected chi connectivity index (χ1v) is 20.3. The average molecular weight is 639 g/mol. The van der Waals surface area contributed by atoms with Crippen LogP contribution in [0.15, 0.2) is 170 Å². The summed E-state index contributed by atoms with van der Waals surface area (Å²) in [6.07, 6.45) is 0. The van der Waals surface area contributed by atoms with Crippen LogP contribution < -0.4 is 10.4 Å². The minimum atomic E-state index is -2.14. The second-order valence-electron chi connectivity index (χ2n) is 14.0. The van der Waals surface area contributed by atoms with Crippen LogP contribution in [-0.2, 0) is 0 Å². The fourth-order valence-electron chi connectivity index (χ4n) is 8.67. The zero-order valence-corrected chi connectivity index (χ0v) is 28.7. The highest BCUT2D eigenvalue weighted by Gasteiger charge is 2.29. The molecule has 0 spiro atoms. The van der Waals surface area contributed by atoms with E-state index >= 15 is 0 Å². The molecule has 0 radical (unpaired) electrons. The van der Waals surface area contributed by atoms with Gasteiger partial charge in [0.2, 0.25) is 0 Å². The van der Waals surface area contributed by atoms with Gasteiger partial charge in [-0.05, 0) is 92.1 Å². The molecule has 0 atom stereocenters. The maximum atomic E-state index is 2.53. The first-order chi connectivity index (χ1) is 24.1. The van der Waals surface area contributed by atoms with Crippen LogP contribution in [0.2, 0.25) is 13.1 Å². The molecular formula is C48H34Si. The van der Waals surface area contributed by atoms with Crippen molar-refractivity contribution in [3.63, 3.8) is 0 Å². The molecule has 49 heavy (non-hydrogen) atoms.